The van der Waals surface area contributed by atoms with E-state index >= 15 is 0 Å². The Morgan fingerprint density at radius 2 is 2.30 bits per heavy atom. The number of carbonyl (C=O) groups is 2. The Morgan fingerprint density at radius 3 is 3.09 bits per heavy atom. The fraction of sp³-hybridized carbons (Fsp3) is 0.529. The van der Waals surface area contributed by atoms with Gasteiger partial charge in [0.05, 0.1) is 25.7 Å². The van der Waals surface area contributed by atoms with Crippen molar-refractivity contribution < 1.29 is 19.1 Å². The number of amides is 2. The lowest BCUT2D eigenvalue weighted by Gasteiger charge is -2.41. The number of likely N-dealkylation sites (tertiary alicyclic amines) is 1. The highest BCUT2D eigenvalue weighted by molar-refractivity contribution is 5.81. The highest BCUT2D eigenvalue weighted by atomic mass is 16.5. The number of rotatable bonds is 3. The number of benzene rings is 1. The van der Waals surface area contributed by atoms with Crippen LogP contribution in [0.15, 0.2) is 18.2 Å². The molecule has 0 saturated carbocycles. The van der Waals surface area contributed by atoms with E-state index < -0.39 is 0 Å². The van der Waals surface area contributed by atoms with Crippen LogP contribution < -0.4 is 10.1 Å². The molecule has 2 atom stereocenters. The third-order valence-corrected chi connectivity index (χ3v) is 4.45. The minimum Gasteiger partial charge on any atom is -0.496 e. The second-order valence-corrected chi connectivity index (χ2v) is 6.14. The molecular formula is C17H22N2O4. The van der Waals surface area contributed by atoms with Gasteiger partial charge in [-0.05, 0) is 19.4 Å². The van der Waals surface area contributed by atoms with E-state index in [0.29, 0.717) is 19.5 Å². The predicted molar refractivity (Wildman–Crippen MR) is 84.3 cm³/mol. The van der Waals surface area contributed by atoms with Crippen LogP contribution in [0.3, 0.4) is 0 Å². The van der Waals surface area contributed by atoms with Crippen LogP contribution in [-0.2, 0) is 20.7 Å². The van der Waals surface area contributed by atoms with Crippen LogP contribution in [0.2, 0.25) is 0 Å². The van der Waals surface area contributed by atoms with Crippen LogP contribution in [0.1, 0.15) is 17.5 Å². The lowest BCUT2D eigenvalue weighted by Crippen LogP contribution is -2.61. The second-order valence-electron chi connectivity index (χ2n) is 6.14. The molecule has 23 heavy (non-hydrogen) atoms. The lowest BCUT2D eigenvalue weighted by atomic mass is 9.99. The molecule has 2 saturated heterocycles. The summed E-state index contributed by atoms with van der Waals surface area (Å²) in [6, 6.07) is 5.73. The van der Waals surface area contributed by atoms with Gasteiger partial charge in [0.2, 0.25) is 11.8 Å². The number of hydrogen-bond donors (Lipinski definition) is 1. The topological polar surface area (TPSA) is 67.9 Å². The normalized spacial score (nSPS) is 23.9. The molecule has 2 aliphatic heterocycles. The van der Waals surface area contributed by atoms with Crippen LogP contribution in [0.5, 0.6) is 5.75 Å². The van der Waals surface area contributed by atoms with E-state index in [1.54, 1.807) is 12.0 Å². The number of hydrogen-bond acceptors (Lipinski definition) is 4. The van der Waals surface area contributed by atoms with Gasteiger partial charge in [-0.1, -0.05) is 17.7 Å². The zero-order chi connectivity index (χ0) is 16.4. The third kappa shape index (κ3) is 3.47. The van der Waals surface area contributed by atoms with E-state index in [1.165, 1.54) is 0 Å². The highest BCUT2D eigenvalue weighted by Crippen LogP contribution is 2.23. The summed E-state index contributed by atoms with van der Waals surface area (Å²) in [7, 11) is 1.61. The van der Waals surface area contributed by atoms with Crippen molar-refractivity contribution in [3.05, 3.63) is 29.3 Å². The summed E-state index contributed by atoms with van der Waals surface area (Å²) in [5.74, 6) is 0.668. The Bertz CT molecular complexity index is 617. The van der Waals surface area contributed by atoms with Gasteiger partial charge in [-0.3, -0.25) is 9.59 Å². The van der Waals surface area contributed by atoms with Gasteiger partial charge in [0.1, 0.15) is 12.4 Å². The average molecular weight is 318 g/mol. The molecule has 6 heteroatoms. The molecule has 0 radical (unpaired) electrons. The lowest BCUT2D eigenvalue weighted by molar-refractivity contribution is -0.146. The maximum absolute atomic E-state index is 12.6. The summed E-state index contributed by atoms with van der Waals surface area (Å²) in [5, 5.41) is 2.92. The van der Waals surface area contributed by atoms with Crippen molar-refractivity contribution in [1.82, 2.24) is 10.2 Å². The number of fused-ring (bicyclic) bond motifs is 1. The number of carbonyl (C=O) groups excluding carboxylic acids is 2. The highest BCUT2D eigenvalue weighted by Gasteiger charge is 2.36. The van der Waals surface area contributed by atoms with Crippen molar-refractivity contribution in [3.63, 3.8) is 0 Å². The third-order valence-electron chi connectivity index (χ3n) is 4.45. The molecule has 6 nitrogen and oxygen atoms in total. The zero-order valence-electron chi connectivity index (χ0n) is 13.5. The van der Waals surface area contributed by atoms with Crippen LogP contribution in [0, 0.1) is 6.92 Å². The van der Waals surface area contributed by atoms with E-state index in [2.05, 4.69) is 5.32 Å². The number of nitrogens with zero attached hydrogens (tertiary/aromatic N) is 1. The standard InChI is InChI=1S/C17H22N2O4/c1-11-3-4-14(22-2)12(7-11)8-17(21)19-6-5-15-13(9-19)18-16(20)10-23-15/h3-4,7,13,15H,5-6,8-10H2,1-2H3,(H,18,20)/t13-,15+/m0/s1. The van der Waals surface area contributed by atoms with E-state index in [9.17, 15) is 9.59 Å². The molecule has 1 N–H and O–H groups in total. The number of piperidine rings is 1. The first-order valence-corrected chi connectivity index (χ1v) is 7.89. The number of methoxy groups -OCH3 is 1. The summed E-state index contributed by atoms with van der Waals surface area (Å²) in [6.45, 7) is 3.27. The zero-order valence-corrected chi connectivity index (χ0v) is 13.5. The molecule has 2 fully saturated rings. The smallest absolute Gasteiger partial charge is 0.246 e. The Balaban J connectivity index is 1.67. The van der Waals surface area contributed by atoms with Gasteiger partial charge in [0, 0.05) is 18.7 Å². The van der Waals surface area contributed by atoms with Crippen molar-refractivity contribution in [3.8, 4) is 5.75 Å². The van der Waals surface area contributed by atoms with E-state index in [0.717, 1.165) is 23.3 Å². The van der Waals surface area contributed by atoms with Gasteiger partial charge in [0.15, 0.2) is 0 Å². The first kappa shape index (κ1) is 15.8. The quantitative estimate of drug-likeness (QED) is 0.889. The van der Waals surface area contributed by atoms with Gasteiger partial charge < -0.3 is 19.7 Å². The van der Waals surface area contributed by atoms with E-state index in [1.807, 2.05) is 25.1 Å². The number of nitrogens with one attached hydrogen (secondary N) is 1. The molecular weight excluding hydrogens is 296 g/mol. The molecule has 2 aliphatic rings. The van der Waals surface area contributed by atoms with Gasteiger partial charge >= 0.3 is 0 Å². The Hall–Kier alpha value is -2.08. The van der Waals surface area contributed by atoms with Gasteiger partial charge in [0.25, 0.3) is 0 Å². The molecule has 0 aliphatic carbocycles. The summed E-state index contributed by atoms with van der Waals surface area (Å²) in [5.41, 5.74) is 1.99. The largest absolute Gasteiger partial charge is 0.496 e. The first-order chi connectivity index (χ1) is 11.1. The van der Waals surface area contributed by atoms with Crippen molar-refractivity contribution in [2.45, 2.75) is 31.9 Å². The Labute approximate surface area is 135 Å². The van der Waals surface area contributed by atoms with Crippen LogP contribution in [-0.4, -0.2) is 55.7 Å². The molecule has 0 aromatic heterocycles. The van der Waals surface area contributed by atoms with Crippen molar-refractivity contribution in [2.75, 3.05) is 26.8 Å². The van der Waals surface area contributed by atoms with Crippen molar-refractivity contribution in [2.24, 2.45) is 0 Å². The molecule has 124 valence electrons. The number of ether oxygens (including phenoxy) is 2. The van der Waals surface area contributed by atoms with E-state index in [-0.39, 0.29) is 30.6 Å². The second kappa shape index (κ2) is 6.58. The van der Waals surface area contributed by atoms with Crippen molar-refractivity contribution in [1.29, 1.82) is 0 Å². The molecule has 0 spiro atoms. The van der Waals surface area contributed by atoms with Crippen LogP contribution >= 0.6 is 0 Å². The molecule has 1 aromatic carbocycles. The molecule has 0 bridgehead atoms. The van der Waals surface area contributed by atoms with Crippen LogP contribution in [0.4, 0.5) is 0 Å². The monoisotopic (exact) mass is 318 g/mol. The predicted octanol–water partition coefficient (Wildman–Crippen LogP) is 0.662. The number of morpholine rings is 1. The summed E-state index contributed by atoms with van der Waals surface area (Å²) in [6.07, 6.45) is 1.07. The SMILES string of the molecule is COc1ccc(C)cc1CC(=O)N1CC[C@H]2OCC(=O)N[C@H]2C1. The average Bonchev–Trinajstić information content (AvgIpc) is 2.54. The van der Waals surface area contributed by atoms with Crippen molar-refractivity contribution >= 4 is 11.8 Å². The maximum Gasteiger partial charge on any atom is 0.246 e. The first-order valence-electron chi connectivity index (χ1n) is 7.89. The fourth-order valence-corrected chi connectivity index (χ4v) is 3.25. The molecule has 2 amide bonds. The van der Waals surface area contributed by atoms with Gasteiger partial charge in [-0.15, -0.1) is 0 Å². The summed E-state index contributed by atoms with van der Waals surface area (Å²) < 4.78 is 10.9. The summed E-state index contributed by atoms with van der Waals surface area (Å²) >= 11 is 0. The molecule has 2 heterocycles. The minimum atomic E-state index is -0.110. The maximum atomic E-state index is 12.6. The Kier molecular flexibility index (Phi) is 4.52. The van der Waals surface area contributed by atoms with E-state index in [4.69, 9.17) is 9.47 Å². The van der Waals surface area contributed by atoms with Gasteiger partial charge in [-0.2, -0.15) is 0 Å². The molecule has 1 aromatic rings. The minimum absolute atomic E-state index is 0.0188. The fourth-order valence-electron chi connectivity index (χ4n) is 3.25. The molecule has 0 unspecified atom stereocenters. The summed E-state index contributed by atoms with van der Waals surface area (Å²) in [4.78, 5) is 25.9. The number of aryl methyl sites for hydroxylation is 1. The van der Waals surface area contributed by atoms with Gasteiger partial charge in [-0.25, -0.2) is 0 Å². The Morgan fingerprint density at radius 1 is 1.48 bits per heavy atom. The van der Waals surface area contributed by atoms with Crippen LogP contribution in [0.25, 0.3) is 0 Å². The molecule has 3 rings (SSSR count).